The van der Waals surface area contributed by atoms with E-state index in [1.54, 1.807) is 0 Å². The summed E-state index contributed by atoms with van der Waals surface area (Å²) in [6.07, 6.45) is 0. The number of pyridine rings is 3. The third-order valence-corrected chi connectivity index (χ3v) is 29.4. The summed E-state index contributed by atoms with van der Waals surface area (Å²) >= 11 is 0. The molecule has 6 nitrogen and oxygen atoms in total. The molecule has 0 saturated heterocycles. The molecule has 0 bridgehead atoms. The molecule has 22 aromatic carbocycles. The van der Waals surface area contributed by atoms with Gasteiger partial charge in [0.05, 0.1) is 33.6 Å². The molecule has 676 valence electrons. The van der Waals surface area contributed by atoms with Crippen LogP contribution < -0.4 is 0 Å². The number of nitrogens with zero attached hydrogens (tertiary/aromatic N) is 3. The van der Waals surface area contributed by atoms with E-state index in [1.807, 2.05) is 36.4 Å². The largest absolute Gasteiger partial charge is 0.455 e. The minimum atomic E-state index is 0.904. The van der Waals surface area contributed by atoms with Crippen LogP contribution in [0.15, 0.2) is 444 Å². The van der Waals surface area contributed by atoms with E-state index in [4.69, 9.17) is 28.2 Å². The maximum absolute atomic E-state index is 6.45. The average Bonchev–Trinajstić information content (AvgIpc) is 1.40. The van der Waals surface area contributed by atoms with Gasteiger partial charge in [-0.15, -0.1) is 0 Å². The molecule has 0 atom stereocenters. The van der Waals surface area contributed by atoms with Gasteiger partial charge >= 0.3 is 0 Å². The molecule has 6 heteroatoms. The number of aryl methyl sites for hydroxylation is 8. The van der Waals surface area contributed by atoms with Crippen molar-refractivity contribution in [1.82, 2.24) is 15.0 Å². The molecule has 143 heavy (non-hydrogen) atoms. The SMILES string of the molecule is Cc1cc(C)c(-c2ccc3c(c2)c2ccc(-c4cccc(-c5cccc6c5oc5ccccc56)c4)nc2c2cc(-c4c(C)cc(C)cc4C)ccc32)c(C)c1.Cc1ccc2c(c1)c1ccc(-c3cccc(-c4cccc5c4oc4ccccc45)c3)nc1c1cc(C)ccc21.c1ccc(-c2ccc3c(c2)c2ccc(-c4cccc(-c5cccc6c5oc5ccccc56)c4)nc2c2cc(-c4ccccc4)ccc32)cc1. The minimum absolute atomic E-state index is 0.904. The maximum Gasteiger partial charge on any atom is 0.143 e. The summed E-state index contributed by atoms with van der Waals surface area (Å²) in [6.45, 7) is 17.6. The Kier molecular flexibility index (Phi) is 20.7. The predicted molar refractivity (Wildman–Crippen MR) is 604 cm³/mol. The normalized spacial score (nSPS) is 11.8. The molecule has 0 N–H and O–H groups in total. The number of aromatic nitrogens is 3. The zero-order valence-corrected chi connectivity index (χ0v) is 80.6. The molecule has 6 heterocycles. The first-order valence-corrected chi connectivity index (χ1v) is 49.3. The average molecular weight is 1830 g/mol. The highest BCUT2D eigenvalue weighted by molar-refractivity contribution is 6.29. The van der Waals surface area contributed by atoms with Crippen LogP contribution in [0, 0.1) is 55.4 Å². The van der Waals surface area contributed by atoms with Crippen LogP contribution in [0.5, 0.6) is 0 Å². The molecule has 0 unspecified atom stereocenters. The van der Waals surface area contributed by atoms with Gasteiger partial charge in [-0.05, 0) is 290 Å². The van der Waals surface area contributed by atoms with Crippen LogP contribution in [0.4, 0.5) is 0 Å². The van der Waals surface area contributed by atoms with Gasteiger partial charge in [0.1, 0.15) is 33.5 Å². The fourth-order valence-corrected chi connectivity index (χ4v) is 23.0. The second kappa shape index (κ2) is 34.6. The highest BCUT2D eigenvalue weighted by Crippen LogP contribution is 2.48. The van der Waals surface area contributed by atoms with Gasteiger partial charge in [-0.25, -0.2) is 15.0 Å². The van der Waals surface area contributed by atoms with Crippen molar-refractivity contribution in [2.24, 2.45) is 0 Å². The molecule has 0 aliphatic rings. The third kappa shape index (κ3) is 14.9. The Morgan fingerprint density at radius 2 is 0.406 bits per heavy atom. The molecular formula is C137H95N3O3. The molecule has 0 aliphatic carbocycles. The van der Waals surface area contributed by atoms with Gasteiger partial charge in [0.2, 0.25) is 0 Å². The summed E-state index contributed by atoms with van der Waals surface area (Å²) < 4.78 is 19.2. The molecule has 6 aromatic heterocycles. The zero-order chi connectivity index (χ0) is 95.9. The van der Waals surface area contributed by atoms with E-state index >= 15 is 0 Å². The van der Waals surface area contributed by atoms with Crippen LogP contribution >= 0.6 is 0 Å². The Morgan fingerprint density at radius 1 is 0.147 bits per heavy atom. The van der Waals surface area contributed by atoms with Crippen molar-refractivity contribution >= 4 is 163 Å². The van der Waals surface area contributed by atoms with Gasteiger partial charge in [-0.2, -0.15) is 0 Å². The van der Waals surface area contributed by atoms with Crippen LogP contribution in [0.25, 0.3) is 275 Å². The first kappa shape index (κ1) is 85.4. The molecule has 0 spiro atoms. The van der Waals surface area contributed by atoms with Crippen LogP contribution in [0.1, 0.15) is 44.5 Å². The Labute approximate surface area is 827 Å². The molecular weight excluding hydrogens is 1740 g/mol. The van der Waals surface area contributed by atoms with Crippen LogP contribution in [-0.4, -0.2) is 15.0 Å². The standard InChI is InChI=1S/C53H41NO.C47H29NO.C37H25NO/c1-30-23-32(3)50(33(4)24-30)38-17-19-41-42-20-18-39(51-34(5)25-31(2)26-35(51)6)29-47(42)52-44(46(41)28-38)21-22-48(54-52)37-12-9-11-36(27-37)40-14-10-15-45-43-13-7-8-16-49(43)55-53(40)45;1-3-11-30(12-4-1)32-21-23-37-38-24-22-33(31-13-5-2-6-14-31)29-43(38)46-40(42(37)28-32)25-26-44(48-46)35-16-9-15-34(27-35)36-18-10-19-41-39-17-7-8-20-45(39)49-47(36)41;1-22-13-15-27-28-16-14-23(2)20-33(28)36-30(32(27)19-22)17-18-34(38-36)25-8-5-7-24(21-25)26-10-6-11-31-29-9-3-4-12-35(29)39-37(26)31/h7-29H,1-6H3;1-29H;3-21H,1-2H3. The molecule has 0 radical (unpaired) electrons. The van der Waals surface area contributed by atoms with E-state index < -0.39 is 0 Å². The Bertz CT molecular complexity index is 10100. The van der Waals surface area contributed by atoms with Crippen molar-refractivity contribution in [3.8, 4) is 112 Å². The Hall–Kier alpha value is -18.0. The maximum atomic E-state index is 6.45. The highest BCUT2D eigenvalue weighted by Gasteiger charge is 2.24. The number of benzene rings is 22. The van der Waals surface area contributed by atoms with Crippen molar-refractivity contribution in [2.45, 2.75) is 55.4 Å². The predicted octanol–water partition coefficient (Wildman–Crippen LogP) is 38.5. The smallest absolute Gasteiger partial charge is 0.143 e. The molecule has 28 aromatic rings. The molecule has 0 amide bonds. The number of hydrogen-bond acceptors (Lipinski definition) is 6. The second-order valence-corrected chi connectivity index (χ2v) is 38.8. The number of para-hydroxylation sites is 6. The first-order valence-electron chi connectivity index (χ1n) is 49.3. The molecule has 0 aliphatic heterocycles. The number of hydrogen-bond donors (Lipinski definition) is 0. The Balaban J connectivity index is 0.000000111. The number of rotatable bonds is 10. The van der Waals surface area contributed by atoms with E-state index in [0.717, 1.165) is 166 Å². The monoisotopic (exact) mass is 1830 g/mol. The van der Waals surface area contributed by atoms with E-state index in [0.29, 0.717) is 0 Å². The van der Waals surface area contributed by atoms with Gasteiger partial charge in [0.15, 0.2) is 0 Å². The molecule has 0 fully saturated rings. The summed E-state index contributed by atoms with van der Waals surface area (Å²) in [5.74, 6) is 0. The van der Waals surface area contributed by atoms with Crippen molar-refractivity contribution in [3.05, 3.63) is 475 Å². The van der Waals surface area contributed by atoms with Crippen molar-refractivity contribution in [3.63, 3.8) is 0 Å². The molecule has 28 rings (SSSR count). The summed E-state index contributed by atoms with van der Waals surface area (Å²) in [4.78, 5) is 16.3. The third-order valence-electron chi connectivity index (χ3n) is 29.4. The first-order chi connectivity index (χ1) is 70.1. The van der Waals surface area contributed by atoms with Gasteiger partial charge in [0, 0.05) is 98.0 Å². The van der Waals surface area contributed by atoms with E-state index in [-0.39, 0.29) is 0 Å². The lowest BCUT2D eigenvalue weighted by molar-refractivity contribution is 0.669. The van der Waals surface area contributed by atoms with E-state index in [1.165, 1.54) is 154 Å². The lowest BCUT2D eigenvalue weighted by Crippen LogP contribution is -1.94. The van der Waals surface area contributed by atoms with Crippen LogP contribution in [0.3, 0.4) is 0 Å². The van der Waals surface area contributed by atoms with Gasteiger partial charge in [0.25, 0.3) is 0 Å². The number of fused-ring (bicyclic) bond motifs is 27. The van der Waals surface area contributed by atoms with Gasteiger partial charge < -0.3 is 13.3 Å². The summed E-state index contributed by atoms with van der Waals surface area (Å²) in [5.41, 5.74) is 41.3. The van der Waals surface area contributed by atoms with Crippen molar-refractivity contribution in [1.29, 1.82) is 0 Å². The quantitative estimate of drug-likeness (QED) is 0.127. The van der Waals surface area contributed by atoms with Gasteiger partial charge in [-0.3, -0.25) is 0 Å². The fourth-order valence-electron chi connectivity index (χ4n) is 23.0. The zero-order valence-electron chi connectivity index (χ0n) is 80.6. The summed E-state index contributed by atoms with van der Waals surface area (Å²) in [7, 11) is 0. The summed E-state index contributed by atoms with van der Waals surface area (Å²) in [6, 6.07) is 155. The highest BCUT2D eigenvalue weighted by atomic mass is 16.3. The number of furan rings is 3. The van der Waals surface area contributed by atoms with Gasteiger partial charge in [-0.1, -0.05) is 350 Å². The van der Waals surface area contributed by atoms with Crippen LogP contribution in [0.2, 0.25) is 0 Å². The second-order valence-electron chi connectivity index (χ2n) is 38.8. The van der Waals surface area contributed by atoms with Crippen LogP contribution in [-0.2, 0) is 0 Å². The fraction of sp³-hybridized carbons (Fsp3) is 0.0584. The Morgan fingerprint density at radius 3 is 0.776 bits per heavy atom. The minimum Gasteiger partial charge on any atom is -0.455 e. The lowest BCUT2D eigenvalue weighted by atomic mass is 9.88. The topological polar surface area (TPSA) is 78.1 Å². The molecule has 0 saturated carbocycles. The van der Waals surface area contributed by atoms with E-state index in [9.17, 15) is 0 Å². The summed E-state index contributed by atoms with van der Waals surface area (Å²) in [5, 5.41) is 24.9. The lowest BCUT2D eigenvalue weighted by Gasteiger charge is -2.17. The van der Waals surface area contributed by atoms with Crippen molar-refractivity contribution < 1.29 is 13.3 Å². The van der Waals surface area contributed by atoms with E-state index in [2.05, 4.69) is 450 Å². The van der Waals surface area contributed by atoms with Crippen molar-refractivity contribution in [2.75, 3.05) is 0 Å².